The molecule has 0 atom stereocenters. The molecule has 0 bridgehead atoms. The van der Waals surface area contributed by atoms with E-state index in [0.29, 0.717) is 0 Å². The molecule has 5 rings (SSSR count). The van der Waals surface area contributed by atoms with Crippen molar-refractivity contribution in [2.45, 2.75) is 35.5 Å². The van der Waals surface area contributed by atoms with E-state index in [1.807, 2.05) is 0 Å². The zero-order valence-corrected chi connectivity index (χ0v) is 50.0. The summed E-state index contributed by atoms with van der Waals surface area (Å²) >= 11 is 13.6. The first kappa shape index (κ1) is 66.6. The average molecular weight is 1140 g/mol. The SMILES string of the molecule is O=C([O-])CCC(=O)NCCN=c1ccc2nc3c(Cl)c4c(c(Cl)c3oc-2c1S(=O)(=O)CCOS(=O)(=O)[O-])Nc1ccc(NCCNC(=O)CCC(=O)[O-])c(S(=O)(=O)CCOS(=O)(=O)[O-])c1O4.[Na+].[Na+].[Na+].[Na+]. The van der Waals surface area contributed by atoms with Gasteiger partial charge in [0.05, 0.1) is 48.0 Å². The fourth-order valence-electron chi connectivity index (χ4n) is 5.93. The minimum atomic E-state index is -5.33. The number of anilines is 3. The van der Waals surface area contributed by atoms with Gasteiger partial charge in [0, 0.05) is 44.4 Å². The number of fused-ring (bicyclic) bond motifs is 4. The summed E-state index contributed by atoms with van der Waals surface area (Å²) in [6, 6.07) is 4.91. The first-order chi connectivity index (χ1) is 30.8. The van der Waals surface area contributed by atoms with E-state index >= 15 is 0 Å². The molecule has 360 valence electrons. The van der Waals surface area contributed by atoms with E-state index in [1.54, 1.807) is 0 Å². The third-order valence-electron chi connectivity index (χ3n) is 8.72. The molecule has 0 saturated carbocycles. The molecule has 2 heterocycles. The van der Waals surface area contributed by atoms with Crippen molar-refractivity contribution in [1.29, 1.82) is 0 Å². The van der Waals surface area contributed by atoms with Crippen molar-refractivity contribution in [2.24, 2.45) is 4.99 Å². The largest absolute Gasteiger partial charge is 1.00 e. The number of nitrogens with one attached hydrogen (secondary N) is 4. The molecule has 0 saturated heterocycles. The summed E-state index contributed by atoms with van der Waals surface area (Å²) in [5.41, 5.74) is -1.43. The van der Waals surface area contributed by atoms with E-state index in [1.165, 1.54) is 18.2 Å². The number of hydrogen-bond acceptors (Lipinski definition) is 24. The third kappa shape index (κ3) is 18.4. The summed E-state index contributed by atoms with van der Waals surface area (Å²) in [6.45, 7) is -3.07. The number of halogens is 2. The topological polar surface area (TPSA) is 411 Å². The van der Waals surface area contributed by atoms with Crippen molar-refractivity contribution >= 4 is 116 Å². The quantitative estimate of drug-likeness (QED) is 0.0155. The van der Waals surface area contributed by atoms with Crippen molar-refractivity contribution in [3.8, 4) is 23.0 Å². The first-order valence-electron chi connectivity index (χ1n) is 18.5. The Bertz CT molecular complexity index is 3120. The number of carboxylic acid groups (broad SMARTS) is 2. The Morgan fingerprint density at radius 3 is 1.79 bits per heavy atom. The van der Waals surface area contributed by atoms with Crippen LogP contribution in [0.3, 0.4) is 0 Å². The van der Waals surface area contributed by atoms with Gasteiger partial charge >= 0.3 is 118 Å². The molecule has 1 aliphatic carbocycles. The van der Waals surface area contributed by atoms with Crippen LogP contribution in [0.5, 0.6) is 11.5 Å². The maximum Gasteiger partial charge on any atom is 1.00 e. The van der Waals surface area contributed by atoms with E-state index in [9.17, 15) is 72.2 Å². The standard InChI is InChI=1S/C34H36Cl2N6O20S4.4Na/c35-25-27-31(61-29-17(41-27)1-3-19(37-9-11-39-21(43)5-7-23(45)46)33(29)63(49,50)15-13-59-65(53,54)55)26(36)28-32(25)62-30-18(42-28)2-4-20(38-10-12-40-22(44)6-8-24(47)48)34(30)64(51,52)16-14-60-66(56,57)58;;;;/h1-4,37,41H,5-16H2,(H,39,43)(H,40,44)(H,45,46)(H,47,48)(H,53,54,55)(H,56,57,58);;;;/q;4*+1/p-4. The summed E-state index contributed by atoms with van der Waals surface area (Å²) in [5, 5.41) is 30.7. The van der Waals surface area contributed by atoms with Gasteiger partial charge in [-0.15, -0.1) is 0 Å². The van der Waals surface area contributed by atoms with Gasteiger partial charge in [-0.05, 0) is 37.1 Å². The molecule has 2 aliphatic heterocycles. The van der Waals surface area contributed by atoms with E-state index < -0.39 is 147 Å². The molecule has 0 fully saturated rings. The van der Waals surface area contributed by atoms with E-state index in [2.05, 4.69) is 39.6 Å². The Kier molecular flexibility index (Phi) is 27.1. The van der Waals surface area contributed by atoms with Crippen LogP contribution in [0.25, 0.3) is 22.6 Å². The van der Waals surface area contributed by atoms with Gasteiger partial charge in [-0.25, -0.2) is 38.7 Å². The average Bonchev–Trinajstić information content (AvgIpc) is 3.21. The number of carbonyl (C=O) groups excluding carboxylic acids is 4. The van der Waals surface area contributed by atoms with Crippen LogP contribution in [-0.4, -0.2) is 122 Å². The van der Waals surface area contributed by atoms with Crippen LogP contribution in [0.15, 0.2) is 43.5 Å². The Balaban J connectivity index is 0.00000612. The van der Waals surface area contributed by atoms with Crippen LogP contribution >= 0.6 is 23.2 Å². The second kappa shape index (κ2) is 28.5. The van der Waals surface area contributed by atoms with Crippen LogP contribution in [0.4, 0.5) is 17.1 Å². The number of hydrogen-bond donors (Lipinski definition) is 4. The van der Waals surface area contributed by atoms with Gasteiger partial charge in [0.2, 0.25) is 32.6 Å². The van der Waals surface area contributed by atoms with Crippen LogP contribution in [0.1, 0.15) is 25.7 Å². The fraction of sp³-hybridized carbons (Fsp3) is 0.353. The number of carboxylic acids is 2. The zero-order chi connectivity index (χ0) is 48.8. The van der Waals surface area contributed by atoms with Crippen molar-refractivity contribution in [1.82, 2.24) is 15.6 Å². The summed E-state index contributed by atoms with van der Waals surface area (Å²) < 4.78 is 142. The first-order valence-corrected chi connectivity index (χ1v) is 25.2. The molecule has 0 radical (unpaired) electrons. The molecule has 2 amide bonds. The monoisotopic (exact) mass is 1130 g/mol. The molecule has 0 aromatic heterocycles. The van der Waals surface area contributed by atoms with Gasteiger partial charge in [-0.2, -0.15) is 0 Å². The van der Waals surface area contributed by atoms with Crippen LogP contribution in [-0.2, 0) is 68.0 Å². The number of rotatable bonds is 23. The zero-order valence-electron chi connectivity index (χ0n) is 37.2. The second-order valence-electron chi connectivity index (χ2n) is 13.4. The maximum absolute atomic E-state index is 13.8. The van der Waals surface area contributed by atoms with Crippen molar-refractivity contribution < 1.29 is 208 Å². The molecule has 2 aromatic rings. The van der Waals surface area contributed by atoms with Gasteiger partial charge in [-0.1, -0.05) is 23.2 Å². The summed E-state index contributed by atoms with van der Waals surface area (Å²) in [5.74, 6) is -7.81. The van der Waals surface area contributed by atoms with E-state index in [0.717, 1.165) is 6.07 Å². The summed E-state index contributed by atoms with van der Waals surface area (Å²) in [6.07, 6.45) is -1.94. The van der Waals surface area contributed by atoms with Gasteiger partial charge in [0.25, 0.3) is 0 Å². The summed E-state index contributed by atoms with van der Waals surface area (Å²) in [7, 11) is -20.0. The van der Waals surface area contributed by atoms with Crippen LogP contribution < -0.4 is 160 Å². The van der Waals surface area contributed by atoms with Crippen molar-refractivity contribution in [2.75, 3.05) is 61.5 Å². The van der Waals surface area contributed by atoms with Gasteiger partial charge in [-0.3, -0.25) is 22.9 Å². The fourth-order valence-corrected chi connectivity index (χ4v) is 10.0. The number of ether oxygens (including phenoxy) is 1. The molecule has 36 heteroatoms. The van der Waals surface area contributed by atoms with Crippen molar-refractivity contribution in [3.63, 3.8) is 0 Å². The van der Waals surface area contributed by atoms with Crippen molar-refractivity contribution in [3.05, 3.63) is 39.7 Å². The molecule has 0 spiro atoms. The number of nitrogens with zero attached hydrogens (tertiary/aromatic N) is 2. The molecular formula is C34H32Cl2N6Na4O20S4. The van der Waals surface area contributed by atoms with E-state index in [4.69, 9.17) is 32.4 Å². The normalized spacial score (nSPS) is 12.3. The summed E-state index contributed by atoms with van der Waals surface area (Å²) in [4.78, 5) is 52.6. The third-order valence-corrected chi connectivity index (χ3v) is 13.8. The van der Waals surface area contributed by atoms with Crippen LogP contribution in [0, 0.1) is 0 Å². The minimum Gasteiger partial charge on any atom is -0.726 e. The smallest absolute Gasteiger partial charge is 0.726 e. The minimum absolute atomic E-state index is 0. The molecule has 2 aromatic carbocycles. The predicted octanol–water partition coefficient (Wildman–Crippen LogP) is -13.8. The molecule has 70 heavy (non-hydrogen) atoms. The number of aromatic nitrogens is 1. The van der Waals surface area contributed by atoms with E-state index in [-0.39, 0.29) is 189 Å². The van der Waals surface area contributed by atoms with Gasteiger partial charge < -0.3 is 59.3 Å². The predicted molar refractivity (Wildman–Crippen MR) is 219 cm³/mol. The Labute approximate surface area is 497 Å². The van der Waals surface area contributed by atoms with Gasteiger partial charge in [0.15, 0.2) is 42.5 Å². The number of carbonyl (C=O) groups is 4. The second-order valence-corrected chi connectivity index (χ2v) is 20.3. The Morgan fingerprint density at radius 1 is 0.700 bits per heavy atom. The number of aliphatic carboxylic acids is 2. The molecule has 4 N–H and O–H groups in total. The Morgan fingerprint density at radius 2 is 1.24 bits per heavy atom. The number of benzene rings is 3. The molecular weight excluding hydrogens is 1100 g/mol. The molecule has 0 unspecified atom stereocenters. The van der Waals surface area contributed by atoms with Gasteiger partial charge in [0.1, 0.15) is 36.7 Å². The number of amides is 2. The molecule has 26 nitrogen and oxygen atoms in total. The Hall–Kier alpha value is -1.44. The maximum atomic E-state index is 13.8. The molecule has 3 aliphatic rings. The van der Waals surface area contributed by atoms with Crippen LogP contribution in [0.2, 0.25) is 10.0 Å². The number of sulfone groups is 2.